The van der Waals surface area contributed by atoms with E-state index in [9.17, 15) is 0 Å². The van der Waals surface area contributed by atoms with Crippen LogP contribution in [0.5, 0.6) is 0 Å². The Kier molecular flexibility index (Phi) is 3.89. The van der Waals surface area contributed by atoms with Gasteiger partial charge in [0.05, 0.1) is 0 Å². The highest BCUT2D eigenvalue weighted by Gasteiger charge is 2.21. The molecular weight excluding hydrogens is 272 g/mol. The normalized spacial score (nSPS) is 12.4. The Morgan fingerprint density at radius 2 is 1.05 bits per heavy atom. The van der Waals surface area contributed by atoms with Gasteiger partial charge < -0.3 is 0 Å². The van der Waals surface area contributed by atoms with Crippen molar-refractivity contribution in [3.8, 4) is 0 Å². The largest absolute Gasteiger partial charge is 0.107 e. The van der Waals surface area contributed by atoms with E-state index in [2.05, 4.69) is 87.1 Å². The van der Waals surface area contributed by atoms with E-state index in [1.54, 1.807) is 0 Å². The molecule has 0 atom stereocenters. The summed E-state index contributed by atoms with van der Waals surface area (Å²) in [5.41, 5.74) is 4.30. The van der Waals surface area contributed by atoms with E-state index in [0.717, 1.165) is 0 Å². The Hall–Kier alpha value is -1.39. The van der Waals surface area contributed by atoms with E-state index in [-0.39, 0.29) is 0 Å². The molecule has 104 valence electrons. The number of rotatable bonds is 4. The van der Waals surface area contributed by atoms with E-state index < -0.39 is 16.1 Å². The minimum absolute atomic E-state index is 1.34. The van der Waals surface area contributed by atoms with Crippen LogP contribution in [0.3, 0.4) is 0 Å². The maximum absolute atomic E-state index is 4.00. The lowest BCUT2D eigenvalue weighted by molar-refractivity contribution is 1.73. The van der Waals surface area contributed by atoms with Crippen LogP contribution in [0.4, 0.5) is 0 Å². The highest BCUT2D eigenvalue weighted by molar-refractivity contribution is 6.94. The molecule has 2 aromatic carbocycles. The van der Waals surface area contributed by atoms with Crippen molar-refractivity contribution in [1.29, 1.82) is 0 Å². The van der Waals surface area contributed by atoms with Crippen LogP contribution in [0, 0.1) is 0 Å². The maximum Gasteiger partial charge on any atom is 0.103 e. The van der Waals surface area contributed by atoms with Crippen LogP contribution in [0.15, 0.2) is 61.0 Å². The summed E-state index contributed by atoms with van der Waals surface area (Å²) < 4.78 is 0. The molecule has 0 heterocycles. The van der Waals surface area contributed by atoms with Crippen molar-refractivity contribution in [2.45, 2.75) is 26.2 Å². The minimum atomic E-state index is -1.47. The molecule has 0 unspecified atom stereocenters. The Balaban J connectivity index is 2.56. The summed E-state index contributed by atoms with van der Waals surface area (Å²) in [4.78, 5) is 0. The lowest BCUT2D eigenvalue weighted by Crippen LogP contribution is -2.40. The first-order chi connectivity index (χ1) is 9.30. The fraction of sp³-hybridized carbons (Fsp3) is 0.222. The molecule has 0 aliphatic carbocycles. The quantitative estimate of drug-likeness (QED) is 0.745. The molecule has 20 heavy (non-hydrogen) atoms. The monoisotopic (exact) mass is 296 g/mol. The van der Waals surface area contributed by atoms with Gasteiger partial charge in [0, 0.05) is 0 Å². The first-order valence-electron chi connectivity index (χ1n) is 7.12. The molecule has 0 spiro atoms. The number of hydrogen-bond donors (Lipinski definition) is 0. The van der Waals surface area contributed by atoms with Crippen LogP contribution in [0.25, 0.3) is 10.8 Å². The molecule has 0 aromatic heterocycles. The summed E-state index contributed by atoms with van der Waals surface area (Å²) in [7, 11) is -2.94. The molecular formula is C18H24Si2. The third-order valence-electron chi connectivity index (χ3n) is 4.35. The second-order valence-electron chi connectivity index (χ2n) is 6.63. The molecule has 0 aliphatic heterocycles. The molecule has 0 aliphatic rings. The Labute approximate surface area is 124 Å². The molecule has 0 nitrogen and oxygen atoms in total. The van der Waals surface area contributed by atoms with Crippen molar-refractivity contribution in [2.24, 2.45) is 0 Å². The summed E-state index contributed by atoms with van der Waals surface area (Å²) in [6, 6.07) is 13.8. The number of benzene rings is 2. The average molecular weight is 297 g/mol. The van der Waals surface area contributed by atoms with Crippen LogP contribution < -0.4 is 10.4 Å². The van der Waals surface area contributed by atoms with Crippen molar-refractivity contribution < 1.29 is 0 Å². The van der Waals surface area contributed by atoms with Gasteiger partial charge in [-0.25, -0.2) is 0 Å². The van der Waals surface area contributed by atoms with E-state index >= 15 is 0 Å². The van der Waals surface area contributed by atoms with Crippen molar-refractivity contribution in [2.75, 3.05) is 0 Å². The van der Waals surface area contributed by atoms with Crippen molar-refractivity contribution >= 4 is 37.3 Å². The van der Waals surface area contributed by atoms with Gasteiger partial charge in [0.1, 0.15) is 16.1 Å². The molecule has 2 rings (SSSR count). The molecule has 0 bridgehead atoms. The highest BCUT2D eigenvalue weighted by atomic mass is 28.3. The van der Waals surface area contributed by atoms with Gasteiger partial charge in [0.25, 0.3) is 0 Å². The van der Waals surface area contributed by atoms with Crippen LogP contribution in [-0.4, -0.2) is 16.1 Å². The first-order valence-corrected chi connectivity index (χ1v) is 13.3. The van der Waals surface area contributed by atoms with Crippen molar-refractivity contribution in [1.82, 2.24) is 0 Å². The molecule has 0 saturated carbocycles. The van der Waals surface area contributed by atoms with E-state index in [0.29, 0.717) is 0 Å². The van der Waals surface area contributed by atoms with E-state index in [1.165, 1.54) is 21.1 Å². The molecule has 2 heteroatoms. The Bertz CT molecular complexity index is 607. The van der Waals surface area contributed by atoms with Crippen molar-refractivity contribution in [3.63, 3.8) is 0 Å². The number of hydrogen-bond acceptors (Lipinski definition) is 0. The fourth-order valence-corrected chi connectivity index (χ4v) is 4.84. The van der Waals surface area contributed by atoms with Crippen LogP contribution >= 0.6 is 0 Å². The zero-order valence-electron chi connectivity index (χ0n) is 13.0. The zero-order chi connectivity index (χ0) is 15.0. The van der Waals surface area contributed by atoms with Gasteiger partial charge in [0.2, 0.25) is 0 Å². The minimum Gasteiger partial charge on any atom is -0.107 e. The molecule has 2 aromatic rings. The second-order valence-corrected chi connectivity index (χ2v) is 15.5. The summed E-state index contributed by atoms with van der Waals surface area (Å²) >= 11 is 0. The van der Waals surface area contributed by atoms with E-state index in [4.69, 9.17) is 0 Å². The highest BCUT2D eigenvalue weighted by Crippen LogP contribution is 2.16. The Morgan fingerprint density at radius 1 is 0.700 bits per heavy atom. The SMILES string of the molecule is C=C[Si](C)(C)c1ccc2cc([Si](C)(C)C=C)ccc2c1. The van der Waals surface area contributed by atoms with Crippen LogP contribution in [0.2, 0.25) is 26.2 Å². The van der Waals surface area contributed by atoms with Gasteiger partial charge in [0.15, 0.2) is 0 Å². The Morgan fingerprint density at radius 3 is 1.35 bits per heavy atom. The van der Waals surface area contributed by atoms with Gasteiger partial charge in [-0.3, -0.25) is 0 Å². The van der Waals surface area contributed by atoms with Crippen LogP contribution in [-0.2, 0) is 0 Å². The van der Waals surface area contributed by atoms with Gasteiger partial charge in [-0.15, -0.1) is 13.2 Å². The van der Waals surface area contributed by atoms with Gasteiger partial charge in [-0.1, -0.05) is 84.4 Å². The fourth-order valence-electron chi connectivity index (χ4n) is 2.28. The number of fused-ring (bicyclic) bond motifs is 1. The third-order valence-corrected chi connectivity index (χ3v) is 9.99. The summed E-state index contributed by atoms with van der Waals surface area (Å²) in [6.45, 7) is 17.4. The molecule has 0 saturated heterocycles. The lowest BCUT2D eigenvalue weighted by atomic mass is 10.1. The first kappa shape index (κ1) is 15.0. The van der Waals surface area contributed by atoms with Gasteiger partial charge in [-0.2, -0.15) is 0 Å². The topological polar surface area (TPSA) is 0 Å². The predicted octanol–water partition coefficient (Wildman–Crippen LogP) is 4.12. The third kappa shape index (κ3) is 2.72. The average Bonchev–Trinajstić information content (AvgIpc) is 2.46. The summed E-state index contributed by atoms with van der Waals surface area (Å²) in [5.74, 6) is 0. The van der Waals surface area contributed by atoms with Gasteiger partial charge >= 0.3 is 0 Å². The maximum atomic E-state index is 4.00. The summed E-state index contributed by atoms with van der Waals surface area (Å²) in [5, 5.41) is 5.58. The van der Waals surface area contributed by atoms with E-state index in [1.807, 2.05) is 0 Å². The molecule has 0 amide bonds. The second kappa shape index (κ2) is 5.19. The summed E-state index contributed by atoms with van der Waals surface area (Å²) in [6.07, 6.45) is 0. The van der Waals surface area contributed by atoms with Crippen molar-refractivity contribution in [3.05, 3.63) is 61.0 Å². The predicted molar refractivity (Wildman–Crippen MR) is 98.6 cm³/mol. The lowest BCUT2D eigenvalue weighted by Gasteiger charge is -2.20. The standard InChI is InChI=1S/C18H24Si2/c1-7-19(3,4)17-11-9-16-14-18(20(5,6)8-2)12-10-15(16)13-17/h7-14H,1-2H2,3-6H3. The molecule has 0 N–H and O–H groups in total. The molecule has 0 radical (unpaired) electrons. The smallest absolute Gasteiger partial charge is 0.103 e. The van der Waals surface area contributed by atoms with Gasteiger partial charge in [-0.05, 0) is 10.8 Å². The zero-order valence-corrected chi connectivity index (χ0v) is 15.0. The van der Waals surface area contributed by atoms with Crippen LogP contribution in [0.1, 0.15) is 0 Å². The molecule has 0 fully saturated rings.